The molecule has 4 rings (SSSR count). The lowest BCUT2D eigenvalue weighted by molar-refractivity contribution is -0.121. The van der Waals surface area contributed by atoms with Crippen LogP contribution in [0, 0.1) is 11.3 Å². The summed E-state index contributed by atoms with van der Waals surface area (Å²) in [7, 11) is -1.42. The van der Waals surface area contributed by atoms with E-state index >= 15 is 0 Å². The van der Waals surface area contributed by atoms with Crippen LogP contribution in [-0.4, -0.2) is 54.7 Å². The lowest BCUT2D eigenvalue weighted by Crippen LogP contribution is -2.64. The number of hydrogen-bond acceptors (Lipinski definition) is 5. The third kappa shape index (κ3) is 5.98. The maximum absolute atomic E-state index is 12.7. The predicted molar refractivity (Wildman–Crippen MR) is 131 cm³/mol. The third-order valence-electron chi connectivity index (χ3n) is 8.82. The molecule has 1 aromatic rings. The number of ketones is 1. The van der Waals surface area contributed by atoms with Crippen molar-refractivity contribution in [1.29, 1.82) is 0 Å². The number of phenolic OH excluding ortho intramolecular Hbond substituents is 1. The number of carbonyl (C=O) groups is 1. The van der Waals surface area contributed by atoms with E-state index in [4.69, 9.17) is 4.55 Å². The molecule has 2 N–H and O–H groups in total. The van der Waals surface area contributed by atoms with Gasteiger partial charge in [-0.15, -0.1) is 0 Å². The van der Waals surface area contributed by atoms with Gasteiger partial charge in [-0.2, -0.15) is 8.42 Å². The minimum Gasteiger partial charge on any atom is -0.508 e. The van der Waals surface area contributed by atoms with Crippen LogP contribution in [0.3, 0.4) is 0 Å². The Hall–Kier alpha value is -1.44. The Morgan fingerprint density at radius 2 is 1.82 bits per heavy atom. The number of carbonyl (C=O) groups excluding carboxylic acids is 1. The van der Waals surface area contributed by atoms with E-state index in [0.717, 1.165) is 44.6 Å². The molecule has 0 aromatic heterocycles. The van der Waals surface area contributed by atoms with E-state index in [1.165, 1.54) is 36.8 Å². The van der Waals surface area contributed by atoms with Crippen LogP contribution < -0.4 is 0 Å². The lowest BCUT2D eigenvalue weighted by Gasteiger charge is -2.62. The first-order chi connectivity index (χ1) is 15.3. The summed E-state index contributed by atoms with van der Waals surface area (Å²) in [6.45, 7) is 5.87. The number of likely N-dealkylation sites (tertiary alicyclic amines) is 1. The van der Waals surface area contributed by atoms with Crippen molar-refractivity contribution in [1.82, 2.24) is 4.90 Å². The first kappa shape index (κ1) is 26.2. The van der Waals surface area contributed by atoms with Gasteiger partial charge in [-0.3, -0.25) is 9.35 Å². The predicted octanol–water partition coefficient (Wildman–Crippen LogP) is 4.74. The van der Waals surface area contributed by atoms with Crippen LogP contribution in [0.25, 0.3) is 0 Å². The summed E-state index contributed by atoms with van der Waals surface area (Å²) in [6.07, 6.45) is 11.7. The van der Waals surface area contributed by atoms with Crippen molar-refractivity contribution in [2.45, 2.75) is 89.5 Å². The second kappa shape index (κ2) is 10.0. The molecule has 2 fully saturated rings. The zero-order valence-corrected chi connectivity index (χ0v) is 21.5. The summed E-state index contributed by atoms with van der Waals surface area (Å²) in [4.78, 5) is 15.3. The normalized spacial score (nSPS) is 29.8. The van der Waals surface area contributed by atoms with Gasteiger partial charge < -0.3 is 10.0 Å². The van der Waals surface area contributed by atoms with Crippen LogP contribution in [0.1, 0.15) is 82.8 Å². The molecule has 0 amide bonds. The quantitative estimate of drug-likeness (QED) is 0.572. The number of Topliss-reactive ketones (excluding diaryl/α,β-unsaturated/α-hetero) is 1. The number of fused-ring (bicyclic) bond motifs is 4. The highest BCUT2D eigenvalue weighted by Gasteiger charge is 2.57. The van der Waals surface area contributed by atoms with Gasteiger partial charge in [-0.25, -0.2) is 0 Å². The Morgan fingerprint density at radius 1 is 1.18 bits per heavy atom. The van der Waals surface area contributed by atoms with E-state index in [-0.39, 0.29) is 10.8 Å². The molecule has 2 bridgehead atoms. The highest BCUT2D eigenvalue weighted by molar-refractivity contribution is 7.85. The maximum atomic E-state index is 12.7. The fourth-order valence-corrected chi connectivity index (χ4v) is 6.61. The second-order valence-electron chi connectivity index (χ2n) is 11.0. The van der Waals surface area contributed by atoms with Crippen molar-refractivity contribution < 1.29 is 22.9 Å². The summed E-state index contributed by atoms with van der Waals surface area (Å²) in [6, 6.07) is 6.40. The Bertz CT molecular complexity index is 947. The average Bonchev–Trinajstić information content (AvgIpc) is 3.24. The van der Waals surface area contributed by atoms with Crippen molar-refractivity contribution >= 4 is 15.9 Å². The number of likely N-dealkylation sites (N-methyl/N-ethyl adjacent to an activating group) is 1. The van der Waals surface area contributed by atoms with Crippen LogP contribution >= 0.6 is 0 Å². The monoisotopic (exact) mass is 479 g/mol. The molecule has 2 aliphatic carbocycles. The molecule has 3 unspecified atom stereocenters. The number of hydrogen-bond donors (Lipinski definition) is 2. The highest BCUT2D eigenvalue weighted by Crippen LogP contribution is 2.58. The molecule has 1 aromatic carbocycles. The summed E-state index contributed by atoms with van der Waals surface area (Å²) in [5.74, 6) is 1.62. The van der Waals surface area contributed by atoms with E-state index in [1.807, 2.05) is 12.1 Å². The van der Waals surface area contributed by atoms with Gasteiger partial charge in [0, 0.05) is 24.3 Å². The molecule has 3 atom stereocenters. The molecule has 0 spiro atoms. The van der Waals surface area contributed by atoms with Crippen LogP contribution in [-0.2, 0) is 26.7 Å². The minimum absolute atomic E-state index is 0.0161. The van der Waals surface area contributed by atoms with Crippen LogP contribution in [0.15, 0.2) is 18.2 Å². The second-order valence-corrected chi connectivity index (χ2v) is 12.5. The SMILES string of the molecule is CN1CCC2(C)c3cc(O)ccc3CC1C2(C)CCC(=O)CCC1CCCC1.CS(=O)(=O)O. The van der Waals surface area contributed by atoms with Gasteiger partial charge in [-0.05, 0) is 73.9 Å². The van der Waals surface area contributed by atoms with E-state index in [0.29, 0.717) is 30.3 Å². The van der Waals surface area contributed by atoms with E-state index in [1.54, 1.807) is 0 Å². The Labute approximate surface area is 199 Å². The molecule has 1 saturated carbocycles. The van der Waals surface area contributed by atoms with Gasteiger partial charge in [0.2, 0.25) is 0 Å². The molecule has 186 valence electrons. The Kier molecular flexibility index (Phi) is 7.97. The Morgan fingerprint density at radius 3 is 2.45 bits per heavy atom. The van der Waals surface area contributed by atoms with Crippen LogP contribution in [0.2, 0.25) is 0 Å². The molecule has 33 heavy (non-hydrogen) atoms. The molecule has 3 aliphatic rings. The van der Waals surface area contributed by atoms with Crippen molar-refractivity contribution in [3.8, 4) is 5.75 Å². The average molecular weight is 480 g/mol. The topological polar surface area (TPSA) is 94.9 Å². The van der Waals surface area contributed by atoms with Gasteiger partial charge in [0.25, 0.3) is 10.1 Å². The molecule has 6 nitrogen and oxygen atoms in total. The van der Waals surface area contributed by atoms with Crippen molar-refractivity contribution in [3.05, 3.63) is 29.3 Å². The van der Waals surface area contributed by atoms with E-state index < -0.39 is 10.1 Å². The van der Waals surface area contributed by atoms with Crippen LogP contribution in [0.5, 0.6) is 5.75 Å². The minimum atomic E-state index is -3.67. The fourth-order valence-electron chi connectivity index (χ4n) is 6.61. The van der Waals surface area contributed by atoms with Crippen molar-refractivity contribution in [3.63, 3.8) is 0 Å². The summed E-state index contributed by atoms with van der Waals surface area (Å²) < 4.78 is 25.9. The van der Waals surface area contributed by atoms with Crippen molar-refractivity contribution in [2.75, 3.05) is 19.8 Å². The number of piperidine rings is 1. The maximum Gasteiger partial charge on any atom is 0.261 e. The first-order valence-corrected chi connectivity index (χ1v) is 14.1. The van der Waals surface area contributed by atoms with E-state index in [2.05, 4.69) is 31.9 Å². The number of aromatic hydroxyl groups is 1. The fraction of sp³-hybridized carbons (Fsp3) is 0.731. The summed E-state index contributed by atoms with van der Waals surface area (Å²) in [5, 5.41) is 10.1. The molecule has 1 saturated heterocycles. The van der Waals surface area contributed by atoms with Gasteiger partial charge >= 0.3 is 0 Å². The zero-order chi connectivity index (χ0) is 24.4. The number of phenols is 1. The van der Waals surface area contributed by atoms with Gasteiger partial charge in [0.05, 0.1) is 6.26 Å². The van der Waals surface area contributed by atoms with Gasteiger partial charge in [-0.1, -0.05) is 45.6 Å². The number of benzene rings is 1. The molecule has 0 radical (unpaired) electrons. The third-order valence-corrected chi connectivity index (χ3v) is 8.82. The summed E-state index contributed by atoms with van der Waals surface area (Å²) in [5.41, 5.74) is 2.77. The molecule has 1 heterocycles. The highest BCUT2D eigenvalue weighted by atomic mass is 32.2. The lowest BCUT2D eigenvalue weighted by atomic mass is 9.49. The molecular formula is C26H41NO5S. The van der Waals surface area contributed by atoms with Crippen molar-refractivity contribution in [2.24, 2.45) is 11.3 Å². The summed E-state index contributed by atoms with van der Waals surface area (Å²) >= 11 is 0. The standard InChI is InChI=1S/C25H37NO2.CH4O3S/c1-24-14-15-26(3)23(16-19-9-11-21(28)17-22(19)24)25(24,2)13-12-20(27)10-8-18-6-4-5-7-18;1-5(2,3)4/h9,11,17-18,23,28H,4-8,10,12-16H2,1-3H3;1H3,(H,2,3,4). The van der Waals surface area contributed by atoms with Gasteiger partial charge in [0.15, 0.2) is 0 Å². The zero-order valence-electron chi connectivity index (χ0n) is 20.6. The molecule has 1 aliphatic heterocycles. The number of rotatable bonds is 6. The van der Waals surface area contributed by atoms with E-state index in [9.17, 15) is 18.3 Å². The molecule has 7 heteroatoms. The smallest absolute Gasteiger partial charge is 0.261 e. The van der Waals surface area contributed by atoms with Crippen LogP contribution in [0.4, 0.5) is 0 Å². The molecular weight excluding hydrogens is 438 g/mol. The number of nitrogens with zero attached hydrogens (tertiary/aromatic N) is 1. The van der Waals surface area contributed by atoms with Gasteiger partial charge in [0.1, 0.15) is 11.5 Å². The largest absolute Gasteiger partial charge is 0.508 e. The first-order valence-electron chi connectivity index (χ1n) is 12.3. The Balaban J connectivity index is 0.000000555.